The molecular weight excluding hydrogens is 296 g/mol. The summed E-state index contributed by atoms with van der Waals surface area (Å²) in [5, 5.41) is 9.37. The van der Waals surface area contributed by atoms with Crippen LogP contribution in [0.4, 0.5) is 0 Å². The maximum atomic E-state index is 12.4. The van der Waals surface area contributed by atoms with Crippen LogP contribution >= 0.6 is 0 Å². The summed E-state index contributed by atoms with van der Waals surface area (Å²) in [5.74, 6) is -0.584. The number of esters is 1. The van der Waals surface area contributed by atoms with E-state index in [2.05, 4.69) is 32.6 Å². The molecule has 0 aliphatic carbocycles. The van der Waals surface area contributed by atoms with Crippen molar-refractivity contribution in [3.63, 3.8) is 0 Å². The number of rotatable bonds is 4. The predicted molar refractivity (Wildman–Crippen MR) is 86.8 cm³/mol. The molecule has 0 radical (unpaired) electrons. The van der Waals surface area contributed by atoms with E-state index in [1.54, 1.807) is 0 Å². The zero-order chi connectivity index (χ0) is 17.4. The summed E-state index contributed by atoms with van der Waals surface area (Å²) in [6, 6.07) is 0.122. The van der Waals surface area contributed by atoms with Gasteiger partial charge in [0.1, 0.15) is 0 Å². The Bertz CT molecular complexity index is 457. The Morgan fingerprint density at radius 2 is 1.83 bits per heavy atom. The van der Waals surface area contributed by atoms with Gasteiger partial charge in [-0.15, -0.1) is 0 Å². The van der Waals surface area contributed by atoms with Gasteiger partial charge in [-0.05, 0) is 40.5 Å². The highest BCUT2D eigenvalue weighted by atomic mass is 16.5. The van der Waals surface area contributed by atoms with Crippen molar-refractivity contribution in [2.45, 2.75) is 64.1 Å². The largest absolute Gasteiger partial charge is 0.469 e. The van der Waals surface area contributed by atoms with Crippen molar-refractivity contribution >= 4 is 11.9 Å². The lowest BCUT2D eigenvalue weighted by Crippen LogP contribution is -2.64. The standard InChI is InChI=1S/C17H30N2O4/c1-16(2)9-13(10-17(3,4)19(16)6-7-20)18-11-12(8-14(18)21)15(22)23-5/h12-13,20H,6-11H2,1-5H3. The van der Waals surface area contributed by atoms with Gasteiger partial charge >= 0.3 is 5.97 Å². The van der Waals surface area contributed by atoms with E-state index in [0.29, 0.717) is 13.1 Å². The van der Waals surface area contributed by atoms with Crippen LogP contribution < -0.4 is 0 Å². The fourth-order valence-electron chi connectivity index (χ4n) is 4.60. The quantitative estimate of drug-likeness (QED) is 0.781. The molecule has 6 nitrogen and oxygen atoms in total. The zero-order valence-electron chi connectivity index (χ0n) is 15.0. The lowest BCUT2D eigenvalue weighted by atomic mass is 9.76. The number of ether oxygens (including phenoxy) is 1. The Balaban J connectivity index is 2.16. The number of aliphatic hydroxyl groups excluding tert-OH is 1. The molecule has 1 atom stereocenters. The summed E-state index contributed by atoms with van der Waals surface area (Å²) in [6.45, 7) is 9.87. The summed E-state index contributed by atoms with van der Waals surface area (Å²) in [4.78, 5) is 28.3. The third-order valence-corrected chi connectivity index (χ3v) is 5.39. The number of aliphatic hydroxyl groups is 1. The van der Waals surface area contributed by atoms with Crippen LogP contribution in [-0.2, 0) is 14.3 Å². The second-order valence-corrected chi connectivity index (χ2v) is 8.03. The van der Waals surface area contributed by atoms with Crippen molar-refractivity contribution in [2.75, 3.05) is 26.8 Å². The molecule has 2 fully saturated rings. The predicted octanol–water partition coefficient (Wildman–Crippen LogP) is 1.02. The highest BCUT2D eigenvalue weighted by molar-refractivity contribution is 5.87. The normalized spacial score (nSPS) is 28.2. The summed E-state index contributed by atoms with van der Waals surface area (Å²) >= 11 is 0. The van der Waals surface area contributed by atoms with Crippen molar-refractivity contribution in [3.8, 4) is 0 Å². The van der Waals surface area contributed by atoms with Crippen molar-refractivity contribution in [1.29, 1.82) is 0 Å². The number of carbonyl (C=O) groups is 2. The van der Waals surface area contributed by atoms with Crippen LogP contribution in [-0.4, -0.2) is 70.7 Å². The van der Waals surface area contributed by atoms with Crippen molar-refractivity contribution in [2.24, 2.45) is 5.92 Å². The van der Waals surface area contributed by atoms with Crippen LogP contribution in [0.25, 0.3) is 0 Å². The highest BCUT2D eigenvalue weighted by Gasteiger charge is 2.49. The number of hydrogen-bond acceptors (Lipinski definition) is 5. The molecule has 0 spiro atoms. The number of methoxy groups -OCH3 is 1. The summed E-state index contributed by atoms with van der Waals surface area (Å²) in [5.41, 5.74) is -0.225. The first kappa shape index (κ1) is 18.2. The molecule has 0 bridgehead atoms. The third kappa shape index (κ3) is 3.53. The van der Waals surface area contributed by atoms with Crippen molar-refractivity contribution in [1.82, 2.24) is 9.80 Å². The molecule has 6 heteroatoms. The number of nitrogens with zero attached hydrogens (tertiary/aromatic N) is 2. The molecule has 1 N–H and O–H groups in total. The smallest absolute Gasteiger partial charge is 0.310 e. The van der Waals surface area contributed by atoms with E-state index in [-0.39, 0.29) is 47.9 Å². The van der Waals surface area contributed by atoms with Crippen LogP contribution in [0.5, 0.6) is 0 Å². The Labute approximate surface area is 138 Å². The second-order valence-electron chi connectivity index (χ2n) is 8.03. The van der Waals surface area contributed by atoms with E-state index in [0.717, 1.165) is 12.8 Å². The molecule has 132 valence electrons. The molecular formula is C17H30N2O4. The second kappa shape index (κ2) is 6.40. The first-order valence-electron chi connectivity index (χ1n) is 8.38. The third-order valence-electron chi connectivity index (χ3n) is 5.39. The first-order valence-corrected chi connectivity index (χ1v) is 8.38. The minimum Gasteiger partial charge on any atom is -0.469 e. The van der Waals surface area contributed by atoms with Gasteiger partial charge in [-0.3, -0.25) is 14.5 Å². The van der Waals surface area contributed by atoms with E-state index in [1.807, 2.05) is 4.90 Å². The van der Waals surface area contributed by atoms with Gasteiger partial charge in [0.05, 0.1) is 19.6 Å². The minimum atomic E-state index is -0.339. The Morgan fingerprint density at radius 3 is 2.30 bits per heavy atom. The molecule has 0 aromatic rings. The average molecular weight is 326 g/mol. The van der Waals surface area contributed by atoms with E-state index in [1.165, 1.54) is 7.11 Å². The molecule has 1 amide bonds. The van der Waals surface area contributed by atoms with Gasteiger partial charge in [0.2, 0.25) is 5.91 Å². The van der Waals surface area contributed by atoms with Crippen molar-refractivity contribution < 1.29 is 19.4 Å². The monoisotopic (exact) mass is 326 g/mol. The number of likely N-dealkylation sites (tertiary alicyclic amines) is 2. The number of piperidine rings is 1. The first-order chi connectivity index (χ1) is 10.6. The molecule has 0 saturated carbocycles. The maximum absolute atomic E-state index is 12.4. The Morgan fingerprint density at radius 1 is 1.26 bits per heavy atom. The lowest BCUT2D eigenvalue weighted by molar-refractivity contribution is -0.145. The number of amides is 1. The van der Waals surface area contributed by atoms with Gasteiger partial charge in [0.15, 0.2) is 0 Å². The Hall–Kier alpha value is -1.14. The molecule has 2 saturated heterocycles. The van der Waals surface area contributed by atoms with E-state index < -0.39 is 0 Å². The van der Waals surface area contributed by atoms with E-state index >= 15 is 0 Å². The van der Waals surface area contributed by atoms with Crippen molar-refractivity contribution in [3.05, 3.63) is 0 Å². The molecule has 2 aliphatic rings. The van der Waals surface area contributed by atoms with Gasteiger partial charge in [-0.25, -0.2) is 0 Å². The molecule has 0 aromatic heterocycles. The van der Waals surface area contributed by atoms with E-state index in [4.69, 9.17) is 4.74 Å². The molecule has 2 rings (SSSR count). The Kier molecular flexibility index (Phi) is 5.06. The molecule has 2 aliphatic heterocycles. The summed E-state index contributed by atoms with van der Waals surface area (Å²) in [7, 11) is 1.37. The molecule has 2 heterocycles. The van der Waals surface area contributed by atoms with Gasteiger partial charge in [0, 0.05) is 36.6 Å². The SMILES string of the molecule is COC(=O)C1CC(=O)N(C2CC(C)(C)N(CCO)C(C)(C)C2)C1. The topological polar surface area (TPSA) is 70.1 Å². The minimum absolute atomic E-state index is 0.0487. The fourth-order valence-corrected chi connectivity index (χ4v) is 4.60. The van der Waals surface area contributed by atoms with Gasteiger partial charge in [0.25, 0.3) is 0 Å². The average Bonchev–Trinajstić information content (AvgIpc) is 2.83. The maximum Gasteiger partial charge on any atom is 0.310 e. The fraction of sp³-hybridized carbons (Fsp3) is 0.882. The van der Waals surface area contributed by atoms with Crippen LogP contribution in [0.15, 0.2) is 0 Å². The molecule has 1 unspecified atom stereocenters. The zero-order valence-corrected chi connectivity index (χ0v) is 15.0. The lowest BCUT2D eigenvalue weighted by Gasteiger charge is -2.56. The van der Waals surface area contributed by atoms with Gasteiger partial charge in [-0.2, -0.15) is 0 Å². The van der Waals surface area contributed by atoms with Crippen LogP contribution in [0, 0.1) is 5.92 Å². The van der Waals surface area contributed by atoms with Crippen LogP contribution in [0.2, 0.25) is 0 Å². The summed E-state index contributed by atoms with van der Waals surface area (Å²) in [6.07, 6.45) is 1.94. The number of carbonyl (C=O) groups excluding carboxylic acids is 2. The summed E-state index contributed by atoms with van der Waals surface area (Å²) < 4.78 is 4.80. The van der Waals surface area contributed by atoms with Gasteiger partial charge in [-0.1, -0.05) is 0 Å². The highest BCUT2D eigenvalue weighted by Crippen LogP contribution is 2.41. The van der Waals surface area contributed by atoms with Gasteiger partial charge < -0.3 is 14.7 Å². The molecule has 0 aromatic carbocycles. The number of β-amino-alcohol motifs (C(OH)–C–C–N with tert-alkyl or cyclic N) is 1. The van der Waals surface area contributed by atoms with E-state index in [9.17, 15) is 14.7 Å². The molecule has 23 heavy (non-hydrogen) atoms. The number of hydrogen-bond donors (Lipinski definition) is 1. The van der Waals surface area contributed by atoms with Crippen LogP contribution in [0.1, 0.15) is 47.0 Å². The van der Waals surface area contributed by atoms with Crippen LogP contribution in [0.3, 0.4) is 0 Å².